The van der Waals surface area contributed by atoms with Crippen LogP contribution in [0, 0.1) is 10.4 Å². The van der Waals surface area contributed by atoms with E-state index in [-0.39, 0.29) is 0 Å². The molecule has 1 nitrogen and oxygen atoms in total. The molecule has 1 aliphatic rings. The van der Waals surface area contributed by atoms with Gasteiger partial charge in [-0.05, 0) is 77.7 Å². The molecule has 0 fully saturated rings. The van der Waals surface area contributed by atoms with E-state index in [0.29, 0.717) is 0 Å². The normalized spacial score (nSPS) is 12.4. The number of fused-ring (bicyclic) bond motifs is 6. The first-order valence-electron chi connectivity index (χ1n) is 18.5. The number of rotatable bonds is 6. The van der Waals surface area contributed by atoms with Gasteiger partial charge in [-0.25, -0.2) is 0 Å². The first-order valence-corrected chi connectivity index (χ1v) is 20.5. The quantitative estimate of drug-likeness (QED) is 0.123. The van der Waals surface area contributed by atoms with Gasteiger partial charge in [0.2, 0.25) is 0 Å². The van der Waals surface area contributed by atoms with Crippen molar-refractivity contribution in [3.63, 3.8) is 0 Å². The fourth-order valence-corrected chi connectivity index (χ4v) is 13.6. The Labute approximate surface area is 310 Å². The van der Waals surface area contributed by atoms with Gasteiger partial charge in [-0.15, -0.1) is 0 Å². The first-order chi connectivity index (χ1) is 26.3. The van der Waals surface area contributed by atoms with Crippen molar-refractivity contribution < 1.29 is 0 Å². The summed E-state index contributed by atoms with van der Waals surface area (Å²) < 4.78 is 2.50. The van der Waals surface area contributed by atoms with Crippen LogP contribution < -0.4 is 31.3 Å². The molecular weight excluding hydrogens is 655 g/mol. The second-order valence-corrected chi connectivity index (χ2v) is 17.8. The second-order valence-electron chi connectivity index (χ2n) is 14.0. The van der Waals surface area contributed by atoms with Crippen molar-refractivity contribution in [1.29, 1.82) is 0 Å². The molecule has 0 amide bonds. The van der Waals surface area contributed by atoms with Crippen LogP contribution in [0.15, 0.2) is 200 Å². The minimum atomic E-state index is -2.67. The Morgan fingerprint density at radius 2 is 1.02 bits per heavy atom. The van der Waals surface area contributed by atoms with E-state index in [4.69, 9.17) is 0 Å². The Morgan fingerprint density at radius 3 is 1.74 bits per heavy atom. The smallest absolute Gasteiger partial charge is 0.179 e. The molecule has 0 atom stereocenters. The largest absolute Gasteiger partial charge is 0.309 e. The first kappa shape index (κ1) is 31.3. The van der Waals surface area contributed by atoms with Crippen molar-refractivity contribution in [2.24, 2.45) is 0 Å². The van der Waals surface area contributed by atoms with Crippen molar-refractivity contribution in [1.82, 2.24) is 4.57 Å². The van der Waals surface area contributed by atoms with Crippen LogP contribution >= 0.6 is 0 Å². The fourth-order valence-electron chi connectivity index (χ4n) is 8.84. The van der Waals surface area contributed by atoms with Gasteiger partial charge < -0.3 is 4.57 Å². The highest BCUT2D eigenvalue weighted by Gasteiger charge is 2.41. The predicted molar refractivity (Wildman–Crippen MR) is 227 cm³/mol. The molecule has 0 bridgehead atoms. The van der Waals surface area contributed by atoms with Crippen LogP contribution in [-0.4, -0.2) is 12.6 Å². The van der Waals surface area contributed by atoms with Crippen LogP contribution in [0.4, 0.5) is 0 Å². The van der Waals surface area contributed by atoms with Crippen LogP contribution in [-0.2, 0) is 0 Å². The summed E-state index contributed by atoms with van der Waals surface area (Å²) in [5, 5.41) is 14.5. The lowest BCUT2D eigenvalue weighted by molar-refractivity contribution is 1.07. The zero-order chi connectivity index (χ0) is 35.2. The fraction of sp³-hybridized carbons (Fsp3) is 0.0196. The molecule has 2 heteroatoms. The summed E-state index contributed by atoms with van der Waals surface area (Å²) in [6.45, 7) is 0. The van der Waals surface area contributed by atoms with Gasteiger partial charge in [0, 0.05) is 16.3 Å². The third-order valence-corrected chi connectivity index (χ3v) is 15.9. The van der Waals surface area contributed by atoms with Gasteiger partial charge in [0.05, 0.1) is 10.9 Å². The standard InChI is InChI=1S/C51H37NSi/c1-4-23-42(24-5-1)53(43-25-6-2-7-26-43,44-27-8-3-9-28-44)45-29-15-21-40(36-45)39-20-14-22-41(35-39)52-48-32-16-19-37-17-10-12-30-46(37)50(48)51-47-31-13-11-18-38(47)33-34-49(51)52/h1-15,17-36H,16H2. The summed E-state index contributed by atoms with van der Waals surface area (Å²) in [5.41, 5.74) is 4.83. The molecule has 0 radical (unpaired) electrons. The summed E-state index contributed by atoms with van der Waals surface area (Å²) in [6.07, 6.45) is 5.66. The van der Waals surface area contributed by atoms with Crippen LogP contribution in [0.5, 0.6) is 0 Å². The molecular formula is C51H37NSi. The Morgan fingerprint density at radius 1 is 0.434 bits per heavy atom. The van der Waals surface area contributed by atoms with Gasteiger partial charge in [0.15, 0.2) is 8.07 Å². The average molecular weight is 692 g/mol. The maximum Gasteiger partial charge on any atom is 0.179 e. The molecule has 0 aliphatic heterocycles. The van der Waals surface area contributed by atoms with Gasteiger partial charge in [-0.1, -0.05) is 194 Å². The highest BCUT2D eigenvalue weighted by Crippen LogP contribution is 2.30. The van der Waals surface area contributed by atoms with Gasteiger partial charge in [0.1, 0.15) is 0 Å². The lowest BCUT2D eigenvalue weighted by Gasteiger charge is -2.34. The molecule has 0 saturated heterocycles. The van der Waals surface area contributed by atoms with Gasteiger partial charge in [-0.3, -0.25) is 0 Å². The summed E-state index contributed by atoms with van der Waals surface area (Å²) in [7, 11) is -2.67. The molecule has 1 aromatic heterocycles. The Balaban J connectivity index is 1.23. The lowest BCUT2D eigenvalue weighted by atomic mass is 10.0. The molecule has 0 saturated carbocycles. The minimum absolute atomic E-state index is 0.880. The van der Waals surface area contributed by atoms with Gasteiger partial charge in [-0.2, -0.15) is 0 Å². The zero-order valence-corrected chi connectivity index (χ0v) is 30.4. The Hall–Kier alpha value is -6.48. The predicted octanol–water partition coefficient (Wildman–Crippen LogP) is 8.08. The van der Waals surface area contributed by atoms with Crippen molar-refractivity contribution in [2.45, 2.75) is 6.42 Å². The molecule has 250 valence electrons. The highest BCUT2D eigenvalue weighted by atomic mass is 28.3. The number of nitrogens with zero attached hydrogens (tertiary/aromatic N) is 1. The molecule has 1 aliphatic carbocycles. The molecule has 0 unspecified atom stereocenters. The number of hydrogen-bond acceptors (Lipinski definition) is 0. The molecule has 10 rings (SSSR count). The van der Waals surface area contributed by atoms with E-state index in [1.54, 1.807) is 0 Å². The topological polar surface area (TPSA) is 4.93 Å². The van der Waals surface area contributed by atoms with Gasteiger partial charge >= 0.3 is 0 Å². The van der Waals surface area contributed by atoms with Gasteiger partial charge in [0.25, 0.3) is 0 Å². The van der Waals surface area contributed by atoms with E-state index in [0.717, 1.165) is 6.42 Å². The van der Waals surface area contributed by atoms with Crippen molar-refractivity contribution in [3.8, 4) is 16.8 Å². The summed E-state index contributed by atoms with van der Waals surface area (Å²) >= 11 is 0. The van der Waals surface area contributed by atoms with E-state index in [9.17, 15) is 0 Å². The molecule has 8 aromatic carbocycles. The van der Waals surface area contributed by atoms with Crippen molar-refractivity contribution in [2.75, 3.05) is 0 Å². The monoisotopic (exact) mass is 691 g/mol. The Bertz CT molecular complexity index is 2920. The molecule has 1 heterocycles. The summed E-state index contributed by atoms with van der Waals surface area (Å²) in [4.78, 5) is 0. The third-order valence-electron chi connectivity index (χ3n) is 11.1. The number of benzene rings is 8. The summed E-state index contributed by atoms with van der Waals surface area (Å²) in [5.74, 6) is 0. The maximum atomic E-state index is 2.50. The van der Waals surface area contributed by atoms with Crippen LogP contribution in [0.1, 0.15) is 6.42 Å². The van der Waals surface area contributed by atoms with Crippen LogP contribution in [0.25, 0.3) is 50.6 Å². The van der Waals surface area contributed by atoms with E-state index in [1.165, 1.54) is 80.2 Å². The maximum absolute atomic E-state index is 2.67. The third kappa shape index (κ3) is 5.06. The Kier molecular flexibility index (Phi) is 7.63. The van der Waals surface area contributed by atoms with E-state index in [1.807, 2.05) is 0 Å². The van der Waals surface area contributed by atoms with Crippen molar-refractivity contribution in [3.05, 3.63) is 221 Å². The van der Waals surface area contributed by atoms with E-state index in [2.05, 4.69) is 217 Å². The summed E-state index contributed by atoms with van der Waals surface area (Å²) in [6, 6.07) is 74.3. The molecule has 9 aromatic rings. The number of aromatic nitrogens is 1. The molecule has 0 N–H and O–H groups in total. The molecule has 53 heavy (non-hydrogen) atoms. The second kappa shape index (κ2) is 12.9. The SMILES string of the molecule is C1=c2ccccc2=c2c(n(-c3cccc(-c4cccc([Si](c5ccccc5)(c5ccccc5)c5ccccc5)c4)c3)c3ccc4ccccc4c23)=CC1. The lowest BCUT2D eigenvalue weighted by Crippen LogP contribution is -2.74. The highest BCUT2D eigenvalue weighted by molar-refractivity contribution is 7.19. The minimum Gasteiger partial charge on any atom is -0.309 e. The zero-order valence-electron chi connectivity index (χ0n) is 29.4. The van der Waals surface area contributed by atoms with Crippen LogP contribution in [0.3, 0.4) is 0 Å². The number of hydrogen-bond donors (Lipinski definition) is 0. The van der Waals surface area contributed by atoms with E-state index < -0.39 is 8.07 Å². The van der Waals surface area contributed by atoms with Crippen LogP contribution in [0.2, 0.25) is 0 Å². The van der Waals surface area contributed by atoms with Crippen molar-refractivity contribution >= 4 is 62.6 Å². The molecule has 0 spiro atoms. The average Bonchev–Trinajstić information content (AvgIpc) is 3.45. The van der Waals surface area contributed by atoms with E-state index >= 15 is 0 Å².